The quantitative estimate of drug-likeness (QED) is 0.719. The number of ether oxygens (including phenoxy) is 2. The number of likely N-dealkylation sites (tertiary alicyclic amines) is 1. The molecule has 4 nitrogen and oxygen atoms in total. The van der Waals surface area contributed by atoms with E-state index in [0.717, 1.165) is 25.9 Å². The molecule has 4 aliphatic rings. The second-order valence-electron chi connectivity index (χ2n) is 8.76. The molecule has 30 heavy (non-hydrogen) atoms. The Morgan fingerprint density at radius 1 is 0.900 bits per heavy atom. The first-order valence-corrected chi connectivity index (χ1v) is 10.4. The van der Waals surface area contributed by atoms with Crippen molar-refractivity contribution in [1.29, 1.82) is 0 Å². The maximum atomic E-state index is 13.6. The van der Waals surface area contributed by atoms with Crippen LogP contribution in [0.1, 0.15) is 35.1 Å². The number of nitrogens with zero attached hydrogens (tertiary/aromatic N) is 1. The molecule has 2 aromatic carbocycles. The summed E-state index contributed by atoms with van der Waals surface area (Å²) in [4.78, 5) is 15.0. The molecule has 6 heteroatoms. The van der Waals surface area contributed by atoms with Gasteiger partial charge in [-0.15, -0.1) is 0 Å². The lowest BCUT2D eigenvalue weighted by molar-refractivity contribution is -0.132. The number of rotatable bonds is 1. The van der Waals surface area contributed by atoms with Crippen LogP contribution in [0.5, 0.6) is 0 Å². The van der Waals surface area contributed by atoms with E-state index in [9.17, 15) is 13.6 Å². The molecule has 0 N–H and O–H groups in total. The summed E-state index contributed by atoms with van der Waals surface area (Å²) in [6.07, 6.45) is 3.74. The zero-order chi connectivity index (χ0) is 20.5. The van der Waals surface area contributed by atoms with Gasteiger partial charge in [0.1, 0.15) is 0 Å². The van der Waals surface area contributed by atoms with E-state index < -0.39 is 17.2 Å². The van der Waals surface area contributed by atoms with E-state index in [1.165, 1.54) is 23.3 Å². The fourth-order valence-corrected chi connectivity index (χ4v) is 5.45. The van der Waals surface area contributed by atoms with E-state index in [2.05, 4.69) is 23.1 Å². The first-order valence-electron chi connectivity index (χ1n) is 10.4. The van der Waals surface area contributed by atoms with Gasteiger partial charge in [0, 0.05) is 32.0 Å². The SMILES string of the molecule is O=C1C=C(N2CCC3(CC2)OCc2ccccc23)OC12Cc1cc(F)c(F)cc1C2. The molecule has 2 aromatic rings. The Kier molecular flexibility index (Phi) is 3.70. The fourth-order valence-electron chi connectivity index (χ4n) is 5.45. The highest BCUT2D eigenvalue weighted by molar-refractivity contribution is 6.00. The van der Waals surface area contributed by atoms with Gasteiger partial charge in [-0.25, -0.2) is 8.78 Å². The van der Waals surface area contributed by atoms with Crippen molar-refractivity contribution in [3.63, 3.8) is 0 Å². The molecular formula is C24H21F2NO3. The molecule has 0 aromatic heterocycles. The van der Waals surface area contributed by atoms with Gasteiger partial charge in [0.15, 0.2) is 23.1 Å². The largest absolute Gasteiger partial charge is 0.463 e. The molecule has 3 aliphatic heterocycles. The number of benzene rings is 2. The van der Waals surface area contributed by atoms with Gasteiger partial charge in [0.2, 0.25) is 5.78 Å². The van der Waals surface area contributed by atoms with Crippen LogP contribution in [0.25, 0.3) is 0 Å². The average molecular weight is 409 g/mol. The van der Waals surface area contributed by atoms with Gasteiger partial charge in [0.25, 0.3) is 0 Å². The van der Waals surface area contributed by atoms with E-state index >= 15 is 0 Å². The molecule has 2 spiro atoms. The van der Waals surface area contributed by atoms with Crippen LogP contribution in [-0.2, 0) is 39.3 Å². The van der Waals surface area contributed by atoms with Gasteiger partial charge in [-0.1, -0.05) is 24.3 Å². The number of hydrogen-bond donors (Lipinski definition) is 0. The highest BCUT2D eigenvalue weighted by Gasteiger charge is 2.51. The van der Waals surface area contributed by atoms with Crippen molar-refractivity contribution in [3.8, 4) is 0 Å². The minimum atomic E-state index is -1.07. The summed E-state index contributed by atoms with van der Waals surface area (Å²) in [6, 6.07) is 10.7. The molecule has 0 amide bonds. The minimum Gasteiger partial charge on any atom is -0.463 e. The summed E-state index contributed by atoms with van der Waals surface area (Å²) in [7, 11) is 0. The van der Waals surface area contributed by atoms with E-state index in [4.69, 9.17) is 9.47 Å². The van der Waals surface area contributed by atoms with E-state index in [1.807, 2.05) is 6.07 Å². The first kappa shape index (κ1) is 18.1. The van der Waals surface area contributed by atoms with Crippen molar-refractivity contribution >= 4 is 5.78 Å². The van der Waals surface area contributed by atoms with Gasteiger partial charge in [-0.3, -0.25) is 4.79 Å². The Morgan fingerprint density at radius 2 is 1.57 bits per heavy atom. The molecule has 6 rings (SSSR count). The summed E-state index contributed by atoms with van der Waals surface area (Å²) < 4.78 is 39.7. The Balaban J connectivity index is 1.19. The maximum absolute atomic E-state index is 13.6. The van der Waals surface area contributed by atoms with Crippen LogP contribution >= 0.6 is 0 Å². The number of piperidine rings is 1. The Hall–Kier alpha value is -2.73. The molecule has 1 saturated heterocycles. The van der Waals surface area contributed by atoms with Crippen LogP contribution in [0, 0.1) is 11.6 Å². The molecule has 1 aliphatic carbocycles. The number of hydrogen-bond acceptors (Lipinski definition) is 4. The molecule has 154 valence electrons. The van der Waals surface area contributed by atoms with Gasteiger partial charge in [-0.2, -0.15) is 0 Å². The third kappa shape index (κ3) is 2.49. The van der Waals surface area contributed by atoms with Crippen molar-refractivity contribution in [2.45, 2.75) is 43.5 Å². The van der Waals surface area contributed by atoms with Crippen molar-refractivity contribution in [2.24, 2.45) is 0 Å². The zero-order valence-electron chi connectivity index (χ0n) is 16.4. The highest BCUT2D eigenvalue weighted by Crippen LogP contribution is 2.46. The second kappa shape index (κ2) is 6.14. The van der Waals surface area contributed by atoms with Crippen LogP contribution in [0.4, 0.5) is 8.78 Å². The van der Waals surface area contributed by atoms with Crippen LogP contribution in [0.2, 0.25) is 0 Å². The molecule has 0 saturated carbocycles. The van der Waals surface area contributed by atoms with E-state index in [1.54, 1.807) is 6.08 Å². The summed E-state index contributed by atoms with van der Waals surface area (Å²) in [6.45, 7) is 2.09. The number of carbonyl (C=O) groups excluding carboxylic acids is 1. The van der Waals surface area contributed by atoms with Crippen LogP contribution in [-0.4, -0.2) is 29.4 Å². The lowest BCUT2D eigenvalue weighted by Gasteiger charge is -2.40. The van der Waals surface area contributed by atoms with Crippen molar-refractivity contribution in [2.75, 3.05) is 13.1 Å². The molecule has 0 atom stereocenters. The van der Waals surface area contributed by atoms with Gasteiger partial charge < -0.3 is 14.4 Å². The number of ketones is 1. The standard InChI is InChI=1S/C24H21F2NO3/c25-19-9-16-12-24(13-17(16)10-20(19)26)21(28)11-22(30-24)27-7-5-23(6-8-27)18-4-2-1-3-15(18)14-29-23/h1-4,9-11H,5-8,12-14H2. The fraction of sp³-hybridized carbons (Fsp3) is 0.375. The number of fused-ring (bicyclic) bond motifs is 3. The van der Waals surface area contributed by atoms with Gasteiger partial charge >= 0.3 is 0 Å². The molecular weight excluding hydrogens is 388 g/mol. The summed E-state index contributed by atoms with van der Waals surface area (Å²) in [5, 5.41) is 0. The van der Waals surface area contributed by atoms with E-state index in [0.29, 0.717) is 23.6 Å². The number of halogens is 2. The topological polar surface area (TPSA) is 38.8 Å². The summed E-state index contributed by atoms with van der Waals surface area (Å²) in [5.74, 6) is -1.34. The van der Waals surface area contributed by atoms with Crippen molar-refractivity contribution in [1.82, 2.24) is 4.90 Å². The highest BCUT2D eigenvalue weighted by atomic mass is 19.2. The summed E-state index contributed by atoms with van der Waals surface area (Å²) in [5.41, 5.74) is 2.49. The monoisotopic (exact) mass is 409 g/mol. The maximum Gasteiger partial charge on any atom is 0.205 e. The minimum absolute atomic E-state index is 0.128. The molecule has 0 unspecified atom stereocenters. The normalized spacial score (nSPS) is 22.9. The predicted octanol–water partition coefficient (Wildman–Crippen LogP) is 3.76. The third-order valence-electron chi connectivity index (χ3n) is 7.09. The first-order chi connectivity index (χ1) is 14.5. The van der Waals surface area contributed by atoms with Crippen LogP contribution in [0.3, 0.4) is 0 Å². The van der Waals surface area contributed by atoms with E-state index in [-0.39, 0.29) is 24.2 Å². The molecule has 1 fully saturated rings. The zero-order valence-corrected chi connectivity index (χ0v) is 16.4. The molecule has 0 radical (unpaired) electrons. The predicted molar refractivity (Wildman–Crippen MR) is 104 cm³/mol. The summed E-state index contributed by atoms with van der Waals surface area (Å²) >= 11 is 0. The Labute approximate surface area is 173 Å². The number of carbonyl (C=O) groups is 1. The molecule has 3 heterocycles. The van der Waals surface area contributed by atoms with Gasteiger partial charge in [-0.05, 0) is 47.2 Å². The van der Waals surface area contributed by atoms with Crippen LogP contribution in [0.15, 0.2) is 48.4 Å². The molecule has 0 bridgehead atoms. The smallest absolute Gasteiger partial charge is 0.205 e. The average Bonchev–Trinajstić information content (AvgIpc) is 3.38. The third-order valence-corrected chi connectivity index (χ3v) is 7.09. The lowest BCUT2D eigenvalue weighted by atomic mass is 9.84. The lowest BCUT2D eigenvalue weighted by Crippen LogP contribution is -2.43. The van der Waals surface area contributed by atoms with Crippen LogP contribution < -0.4 is 0 Å². The van der Waals surface area contributed by atoms with Gasteiger partial charge in [0.05, 0.1) is 12.2 Å². The Bertz CT molecular complexity index is 1070. The second-order valence-corrected chi connectivity index (χ2v) is 8.76. The van der Waals surface area contributed by atoms with Crippen molar-refractivity contribution < 1.29 is 23.0 Å². The van der Waals surface area contributed by atoms with Crippen molar-refractivity contribution in [3.05, 3.63) is 82.2 Å². The Morgan fingerprint density at radius 3 is 2.27 bits per heavy atom.